The Bertz CT molecular complexity index is 350. The lowest BCUT2D eigenvalue weighted by Gasteiger charge is -2.25. The number of hydrogen-bond donors (Lipinski definition) is 1. The van der Waals surface area contributed by atoms with E-state index in [2.05, 4.69) is 6.58 Å². The van der Waals surface area contributed by atoms with Crippen molar-refractivity contribution in [2.24, 2.45) is 0 Å². The zero-order valence-corrected chi connectivity index (χ0v) is 11.8. The highest BCUT2D eigenvalue weighted by Crippen LogP contribution is 2.11. The topological polar surface area (TPSA) is 38.7 Å². The van der Waals surface area contributed by atoms with Crippen molar-refractivity contribution < 1.29 is 14.6 Å². The summed E-state index contributed by atoms with van der Waals surface area (Å²) in [4.78, 5) is 0. The van der Waals surface area contributed by atoms with Gasteiger partial charge in [0.1, 0.15) is 12.2 Å². The van der Waals surface area contributed by atoms with Crippen LogP contribution in [0.15, 0.2) is 43.0 Å². The third-order valence-electron chi connectivity index (χ3n) is 2.92. The largest absolute Gasteiger partial charge is 0.387 e. The van der Waals surface area contributed by atoms with E-state index in [0.717, 1.165) is 12.0 Å². The molecule has 3 heteroatoms. The van der Waals surface area contributed by atoms with Crippen molar-refractivity contribution in [3.63, 3.8) is 0 Å². The van der Waals surface area contributed by atoms with Gasteiger partial charge in [0.2, 0.25) is 0 Å². The molecule has 0 saturated carbocycles. The Morgan fingerprint density at radius 1 is 1.26 bits per heavy atom. The second kappa shape index (κ2) is 8.86. The van der Waals surface area contributed by atoms with Gasteiger partial charge in [0, 0.05) is 6.61 Å². The normalized spacial score (nSPS) is 15.7. The van der Waals surface area contributed by atoms with E-state index in [9.17, 15) is 5.11 Å². The van der Waals surface area contributed by atoms with Gasteiger partial charge in [-0.05, 0) is 18.9 Å². The van der Waals surface area contributed by atoms with Gasteiger partial charge >= 0.3 is 0 Å². The lowest BCUT2D eigenvalue weighted by atomic mass is 10.1. The van der Waals surface area contributed by atoms with E-state index in [1.54, 1.807) is 6.08 Å². The number of aliphatic hydroxyl groups excluding tert-OH is 1. The van der Waals surface area contributed by atoms with E-state index in [1.165, 1.54) is 0 Å². The second-order valence-corrected chi connectivity index (χ2v) is 4.56. The number of rotatable bonds is 9. The molecule has 1 N–H and O–H groups in total. The van der Waals surface area contributed by atoms with Gasteiger partial charge in [-0.3, -0.25) is 0 Å². The zero-order chi connectivity index (χ0) is 14.1. The first-order chi connectivity index (χ1) is 9.19. The summed E-state index contributed by atoms with van der Waals surface area (Å²) in [5, 5.41) is 10.2. The van der Waals surface area contributed by atoms with Gasteiger partial charge < -0.3 is 14.6 Å². The van der Waals surface area contributed by atoms with E-state index in [-0.39, 0.29) is 12.2 Å². The van der Waals surface area contributed by atoms with Crippen LogP contribution in [0.25, 0.3) is 0 Å². The maximum Gasteiger partial charge on any atom is 0.110 e. The van der Waals surface area contributed by atoms with E-state index >= 15 is 0 Å². The van der Waals surface area contributed by atoms with Crippen LogP contribution in [-0.2, 0) is 16.1 Å². The molecule has 0 aliphatic heterocycles. The van der Waals surface area contributed by atoms with Gasteiger partial charge in [-0.1, -0.05) is 43.3 Å². The Hall–Kier alpha value is -1.16. The van der Waals surface area contributed by atoms with Crippen molar-refractivity contribution in [1.82, 2.24) is 0 Å². The Kier molecular flexibility index (Phi) is 7.41. The first-order valence-electron chi connectivity index (χ1n) is 6.76. The van der Waals surface area contributed by atoms with Gasteiger partial charge in [0.05, 0.1) is 12.7 Å². The molecule has 0 saturated heterocycles. The molecule has 1 aromatic carbocycles. The Morgan fingerprint density at radius 2 is 1.95 bits per heavy atom. The summed E-state index contributed by atoms with van der Waals surface area (Å²) in [5.74, 6) is 0. The third-order valence-corrected chi connectivity index (χ3v) is 2.92. The van der Waals surface area contributed by atoms with E-state index in [0.29, 0.717) is 13.2 Å². The van der Waals surface area contributed by atoms with Gasteiger partial charge in [0.25, 0.3) is 0 Å². The second-order valence-electron chi connectivity index (χ2n) is 4.56. The molecule has 0 radical (unpaired) electrons. The molecule has 0 spiro atoms. The fourth-order valence-electron chi connectivity index (χ4n) is 1.73. The first-order valence-corrected chi connectivity index (χ1v) is 6.76. The molecule has 3 nitrogen and oxygen atoms in total. The summed E-state index contributed by atoms with van der Waals surface area (Å²) in [7, 11) is 0. The molecular formula is C16H24O3. The molecule has 19 heavy (non-hydrogen) atoms. The highest BCUT2D eigenvalue weighted by Gasteiger charge is 2.23. The maximum absolute atomic E-state index is 10.2. The van der Waals surface area contributed by atoms with Crippen LogP contribution in [0.1, 0.15) is 25.8 Å². The van der Waals surface area contributed by atoms with Crippen LogP contribution in [0.5, 0.6) is 0 Å². The molecule has 0 aliphatic carbocycles. The first kappa shape index (κ1) is 15.9. The average Bonchev–Trinajstić information content (AvgIpc) is 2.46. The Morgan fingerprint density at radius 3 is 2.53 bits per heavy atom. The quantitative estimate of drug-likeness (QED) is 0.697. The lowest BCUT2D eigenvalue weighted by molar-refractivity contribution is -0.0936. The predicted molar refractivity (Wildman–Crippen MR) is 76.9 cm³/mol. The van der Waals surface area contributed by atoms with E-state index in [4.69, 9.17) is 9.47 Å². The smallest absolute Gasteiger partial charge is 0.110 e. The van der Waals surface area contributed by atoms with Crippen molar-refractivity contribution in [1.29, 1.82) is 0 Å². The predicted octanol–water partition coefficient (Wildman–Crippen LogP) is 2.93. The average molecular weight is 264 g/mol. The monoisotopic (exact) mass is 264 g/mol. The van der Waals surface area contributed by atoms with Crippen molar-refractivity contribution >= 4 is 0 Å². The molecule has 1 rings (SSSR count). The van der Waals surface area contributed by atoms with Crippen LogP contribution in [0.4, 0.5) is 0 Å². The van der Waals surface area contributed by atoms with E-state index in [1.807, 2.05) is 44.2 Å². The SMILES string of the molecule is C=C[C@H](OCCC)[C@@H](O)[C@H](C)OCc1ccccc1. The molecule has 0 heterocycles. The summed E-state index contributed by atoms with van der Waals surface area (Å²) in [6.07, 6.45) is 1.15. The van der Waals surface area contributed by atoms with Crippen LogP contribution in [0, 0.1) is 0 Å². The molecule has 106 valence electrons. The molecule has 0 bridgehead atoms. The van der Waals surface area contributed by atoms with Crippen LogP contribution in [0.2, 0.25) is 0 Å². The van der Waals surface area contributed by atoms with Gasteiger partial charge in [-0.2, -0.15) is 0 Å². The van der Waals surface area contributed by atoms with Gasteiger partial charge in [-0.25, -0.2) is 0 Å². The standard InChI is InChI=1S/C16H24O3/c1-4-11-18-15(5-2)16(17)13(3)19-12-14-9-7-6-8-10-14/h5-10,13,15-17H,2,4,11-12H2,1,3H3/t13-,15-,16-/m0/s1. The molecule has 1 aromatic rings. The van der Waals surface area contributed by atoms with Gasteiger partial charge in [0.15, 0.2) is 0 Å². The minimum Gasteiger partial charge on any atom is -0.387 e. The zero-order valence-electron chi connectivity index (χ0n) is 11.8. The molecule has 0 amide bonds. The maximum atomic E-state index is 10.2. The third kappa shape index (κ3) is 5.55. The number of hydrogen-bond acceptors (Lipinski definition) is 3. The van der Waals surface area contributed by atoms with Gasteiger partial charge in [-0.15, -0.1) is 6.58 Å². The summed E-state index contributed by atoms with van der Waals surface area (Å²) < 4.78 is 11.2. The number of ether oxygens (including phenoxy) is 2. The lowest BCUT2D eigenvalue weighted by Crippen LogP contribution is -2.37. The van der Waals surface area contributed by atoms with Crippen molar-refractivity contribution in [2.45, 2.75) is 45.2 Å². The number of aliphatic hydroxyl groups is 1. The molecule has 3 atom stereocenters. The summed E-state index contributed by atoms with van der Waals surface area (Å²) in [6.45, 7) is 8.66. The highest BCUT2D eigenvalue weighted by atomic mass is 16.5. The van der Waals surface area contributed by atoms with Crippen molar-refractivity contribution in [2.75, 3.05) is 6.61 Å². The summed E-state index contributed by atoms with van der Waals surface area (Å²) >= 11 is 0. The highest BCUT2D eigenvalue weighted by molar-refractivity contribution is 5.13. The fraction of sp³-hybridized carbons (Fsp3) is 0.500. The van der Waals surface area contributed by atoms with Crippen LogP contribution in [-0.4, -0.2) is 30.0 Å². The molecule has 0 aromatic heterocycles. The molecule has 0 unspecified atom stereocenters. The van der Waals surface area contributed by atoms with Crippen molar-refractivity contribution in [3.05, 3.63) is 48.6 Å². The minimum atomic E-state index is -0.701. The van der Waals surface area contributed by atoms with Crippen LogP contribution in [0.3, 0.4) is 0 Å². The van der Waals surface area contributed by atoms with Crippen LogP contribution < -0.4 is 0 Å². The summed E-state index contributed by atoms with van der Waals surface area (Å²) in [5.41, 5.74) is 1.09. The van der Waals surface area contributed by atoms with Crippen molar-refractivity contribution in [3.8, 4) is 0 Å². The Balaban J connectivity index is 2.42. The molecule has 0 aliphatic rings. The van der Waals surface area contributed by atoms with E-state index < -0.39 is 6.10 Å². The molecular weight excluding hydrogens is 240 g/mol. The molecule has 0 fully saturated rings. The Labute approximate surface area is 115 Å². The fourth-order valence-corrected chi connectivity index (χ4v) is 1.73. The minimum absolute atomic E-state index is 0.305. The summed E-state index contributed by atoms with van der Waals surface area (Å²) in [6, 6.07) is 9.90. The van der Waals surface area contributed by atoms with Crippen LogP contribution >= 0.6 is 0 Å². The number of benzene rings is 1.